The Hall–Kier alpha value is -1.88. The van der Waals surface area contributed by atoms with Gasteiger partial charge in [-0.1, -0.05) is 12.1 Å². The molecule has 0 aliphatic carbocycles. The number of para-hydroxylation sites is 2. The van der Waals surface area contributed by atoms with Crippen LogP contribution in [-0.4, -0.2) is 35.8 Å². The summed E-state index contributed by atoms with van der Waals surface area (Å²) in [6, 6.07) is 7.73. The standard InChI is InChI=1S/C14H17N3O2/c1-2-18-13-14(19-10-7-8-15-9-10)17-12-6-4-3-5-11(12)16-13/h3-6,10,15H,2,7-9H2,1H3/t10-/m0/s1. The summed E-state index contributed by atoms with van der Waals surface area (Å²) in [5.41, 5.74) is 1.65. The number of aromatic nitrogens is 2. The minimum atomic E-state index is 0.148. The number of fused-ring (bicyclic) bond motifs is 1. The first-order chi connectivity index (χ1) is 9.36. The number of nitrogens with zero attached hydrogens (tertiary/aromatic N) is 2. The number of hydrogen-bond donors (Lipinski definition) is 1. The van der Waals surface area contributed by atoms with Crippen molar-refractivity contribution in [2.45, 2.75) is 19.4 Å². The smallest absolute Gasteiger partial charge is 0.279 e. The van der Waals surface area contributed by atoms with E-state index in [9.17, 15) is 0 Å². The molecule has 0 spiro atoms. The predicted molar refractivity (Wildman–Crippen MR) is 72.6 cm³/mol. The van der Waals surface area contributed by atoms with Crippen molar-refractivity contribution in [3.05, 3.63) is 24.3 Å². The lowest BCUT2D eigenvalue weighted by atomic mass is 10.3. The van der Waals surface area contributed by atoms with Crippen LogP contribution in [0.1, 0.15) is 13.3 Å². The van der Waals surface area contributed by atoms with Gasteiger partial charge in [0.1, 0.15) is 6.10 Å². The van der Waals surface area contributed by atoms with E-state index in [2.05, 4.69) is 15.3 Å². The van der Waals surface area contributed by atoms with Gasteiger partial charge in [-0.05, 0) is 32.0 Å². The molecular formula is C14H17N3O2. The summed E-state index contributed by atoms with van der Waals surface area (Å²) in [6.45, 7) is 4.31. The van der Waals surface area contributed by atoms with Crippen LogP contribution >= 0.6 is 0 Å². The van der Waals surface area contributed by atoms with Crippen molar-refractivity contribution in [3.8, 4) is 11.8 Å². The van der Waals surface area contributed by atoms with Gasteiger partial charge in [0.2, 0.25) is 0 Å². The molecule has 0 saturated carbocycles. The molecule has 1 aliphatic heterocycles. The molecule has 100 valence electrons. The zero-order valence-corrected chi connectivity index (χ0v) is 10.9. The highest BCUT2D eigenvalue weighted by molar-refractivity contribution is 5.75. The topological polar surface area (TPSA) is 56.3 Å². The van der Waals surface area contributed by atoms with Gasteiger partial charge in [0.15, 0.2) is 0 Å². The highest BCUT2D eigenvalue weighted by Crippen LogP contribution is 2.27. The number of rotatable bonds is 4. The quantitative estimate of drug-likeness (QED) is 0.907. The van der Waals surface area contributed by atoms with E-state index in [0.717, 1.165) is 30.5 Å². The molecule has 1 fully saturated rings. The van der Waals surface area contributed by atoms with Crippen LogP contribution in [0.3, 0.4) is 0 Å². The number of benzene rings is 1. The van der Waals surface area contributed by atoms with Gasteiger partial charge in [0, 0.05) is 6.54 Å². The lowest BCUT2D eigenvalue weighted by Crippen LogP contribution is -2.20. The van der Waals surface area contributed by atoms with Gasteiger partial charge in [0.25, 0.3) is 11.8 Å². The van der Waals surface area contributed by atoms with Crippen molar-refractivity contribution in [1.29, 1.82) is 0 Å². The first kappa shape index (κ1) is 12.2. The van der Waals surface area contributed by atoms with Crippen LogP contribution in [0.2, 0.25) is 0 Å². The van der Waals surface area contributed by atoms with Gasteiger partial charge in [-0.3, -0.25) is 0 Å². The molecule has 5 heteroatoms. The highest BCUT2D eigenvalue weighted by atomic mass is 16.5. The normalized spacial score (nSPS) is 18.7. The lowest BCUT2D eigenvalue weighted by Gasteiger charge is -2.14. The average molecular weight is 259 g/mol. The third-order valence-corrected chi connectivity index (χ3v) is 3.08. The van der Waals surface area contributed by atoms with Crippen LogP contribution in [-0.2, 0) is 0 Å². The first-order valence-corrected chi connectivity index (χ1v) is 6.64. The first-order valence-electron chi connectivity index (χ1n) is 6.64. The van der Waals surface area contributed by atoms with Gasteiger partial charge in [-0.15, -0.1) is 0 Å². The minimum absolute atomic E-state index is 0.148. The Labute approximate surface area is 112 Å². The van der Waals surface area contributed by atoms with Gasteiger partial charge in [-0.25, -0.2) is 9.97 Å². The van der Waals surface area contributed by atoms with Crippen LogP contribution < -0.4 is 14.8 Å². The fraction of sp³-hybridized carbons (Fsp3) is 0.429. The van der Waals surface area contributed by atoms with Crippen molar-refractivity contribution in [3.63, 3.8) is 0 Å². The van der Waals surface area contributed by atoms with Crippen LogP contribution in [0.25, 0.3) is 11.0 Å². The Morgan fingerprint density at radius 3 is 2.58 bits per heavy atom. The second kappa shape index (κ2) is 5.40. The molecule has 3 rings (SSSR count). The third kappa shape index (κ3) is 2.61. The van der Waals surface area contributed by atoms with Crippen LogP contribution in [0, 0.1) is 0 Å². The van der Waals surface area contributed by atoms with Crippen molar-refractivity contribution < 1.29 is 9.47 Å². The fourth-order valence-corrected chi connectivity index (χ4v) is 2.16. The average Bonchev–Trinajstić information content (AvgIpc) is 2.93. The molecule has 0 unspecified atom stereocenters. The molecule has 1 atom stereocenters. The monoisotopic (exact) mass is 259 g/mol. The number of hydrogen-bond acceptors (Lipinski definition) is 5. The van der Waals surface area contributed by atoms with E-state index in [1.165, 1.54) is 0 Å². The maximum atomic E-state index is 5.91. The van der Waals surface area contributed by atoms with E-state index >= 15 is 0 Å². The lowest BCUT2D eigenvalue weighted by molar-refractivity contribution is 0.196. The second-order valence-electron chi connectivity index (χ2n) is 4.49. The van der Waals surface area contributed by atoms with Gasteiger partial charge in [0.05, 0.1) is 17.6 Å². The van der Waals surface area contributed by atoms with E-state index in [-0.39, 0.29) is 6.10 Å². The SMILES string of the molecule is CCOc1nc2ccccc2nc1O[C@H]1CCNC1. The summed E-state index contributed by atoms with van der Waals surface area (Å²) in [4.78, 5) is 9.00. The zero-order chi connectivity index (χ0) is 13.1. The molecule has 2 aromatic rings. The second-order valence-corrected chi connectivity index (χ2v) is 4.49. The van der Waals surface area contributed by atoms with E-state index in [0.29, 0.717) is 18.4 Å². The van der Waals surface area contributed by atoms with Gasteiger partial charge >= 0.3 is 0 Å². The molecule has 5 nitrogen and oxygen atoms in total. The molecule has 1 N–H and O–H groups in total. The van der Waals surface area contributed by atoms with E-state index < -0.39 is 0 Å². The Kier molecular flexibility index (Phi) is 3.46. The third-order valence-electron chi connectivity index (χ3n) is 3.08. The number of nitrogens with one attached hydrogen (secondary N) is 1. The summed E-state index contributed by atoms with van der Waals surface area (Å²) < 4.78 is 11.4. The molecule has 2 heterocycles. The molecule has 1 aromatic carbocycles. The molecule has 0 bridgehead atoms. The predicted octanol–water partition coefficient (Wildman–Crippen LogP) is 1.77. The Balaban J connectivity index is 1.96. The number of ether oxygens (including phenoxy) is 2. The van der Waals surface area contributed by atoms with Crippen LogP contribution in [0.15, 0.2) is 24.3 Å². The zero-order valence-electron chi connectivity index (χ0n) is 10.9. The van der Waals surface area contributed by atoms with Crippen molar-refractivity contribution in [2.75, 3.05) is 19.7 Å². The Morgan fingerprint density at radius 2 is 1.95 bits per heavy atom. The molecule has 1 aliphatic rings. The summed E-state index contributed by atoms with van der Waals surface area (Å²) in [6.07, 6.45) is 1.13. The minimum Gasteiger partial charge on any atom is -0.474 e. The fourth-order valence-electron chi connectivity index (χ4n) is 2.16. The van der Waals surface area contributed by atoms with E-state index in [1.54, 1.807) is 0 Å². The summed E-state index contributed by atoms with van der Waals surface area (Å²) in [7, 11) is 0. The van der Waals surface area contributed by atoms with Gasteiger partial charge in [-0.2, -0.15) is 0 Å². The van der Waals surface area contributed by atoms with Crippen LogP contribution in [0.5, 0.6) is 11.8 Å². The maximum Gasteiger partial charge on any atom is 0.279 e. The highest BCUT2D eigenvalue weighted by Gasteiger charge is 2.20. The molecule has 0 radical (unpaired) electrons. The molecule has 0 amide bonds. The summed E-state index contributed by atoms with van der Waals surface area (Å²) in [5, 5.41) is 3.27. The summed E-state index contributed by atoms with van der Waals surface area (Å²) in [5.74, 6) is 0.974. The molecule has 19 heavy (non-hydrogen) atoms. The molecule has 1 aromatic heterocycles. The largest absolute Gasteiger partial charge is 0.474 e. The molecule has 1 saturated heterocycles. The summed E-state index contributed by atoms with van der Waals surface area (Å²) >= 11 is 0. The van der Waals surface area contributed by atoms with Gasteiger partial charge < -0.3 is 14.8 Å². The van der Waals surface area contributed by atoms with Crippen molar-refractivity contribution in [2.24, 2.45) is 0 Å². The van der Waals surface area contributed by atoms with Crippen molar-refractivity contribution in [1.82, 2.24) is 15.3 Å². The van der Waals surface area contributed by atoms with E-state index in [1.807, 2.05) is 31.2 Å². The van der Waals surface area contributed by atoms with E-state index in [4.69, 9.17) is 9.47 Å². The van der Waals surface area contributed by atoms with Crippen molar-refractivity contribution >= 4 is 11.0 Å². The maximum absolute atomic E-state index is 5.91. The van der Waals surface area contributed by atoms with Crippen LogP contribution in [0.4, 0.5) is 0 Å². The molecular weight excluding hydrogens is 242 g/mol. The Bertz CT molecular complexity index is 568. The Morgan fingerprint density at radius 1 is 1.21 bits per heavy atom.